The van der Waals surface area contributed by atoms with Crippen molar-refractivity contribution in [2.24, 2.45) is 5.92 Å². The topological polar surface area (TPSA) is 32.6 Å². The Morgan fingerprint density at radius 3 is 2.90 bits per heavy atom. The molecule has 0 bridgehead atoms. The lowest BCUT2D eigenvalue weighted by molar-refractivity contribution is 0.199. The lowest BCUT2D eigenvalue weighted by atomic mass is 10.1. The lowest BCUT2D eigenvalue weighted by Crippen LogP contribution is -2.36. The summed E-state index contributed by atoms with van der Waals surface area (Å²) < 4.78 is 2.08. The first-order valence-corrected chi connectivity index (χ1v) is 8.17. The molecule has 1 N–H and O–H groups in total. The van der Waals surface area contributed by atoms with E-state index in [0.717, 1.165) is 24.4 Å². The summed E-state index contributed by atoms with van der Waals surface area (Å²) in [6.07, 6.45) is 8.32. The molecule has 2 aromatic rings. The van der Waals surface area contributed by atoms with Crippen LogP contribution in [0.2, 0.25) is 0 Å². The molecule has 2 aromatic heterocycles. The maximum absolute atomic E-state index is 4.62. The first-order valence-electron chi connectivity index (χ1n) is 8.17. The van der Waals surface area contributed by atoms with Gasteiger partial charge in [-0.3, -0.25) is 0 Å². The fraction of sp³-hybridized carbons (Fsp3) is 0.588. The number of imidazole rings is 1. The number of piperidine rings is 1. The van der Waals surface area contributed by atoms with E-state index in [1.165, 1.54) is 38.9 Å². The zero-order chi connectivity index (χ0) is 14.5. The largest absolute Gasteiger partial charge is 0.311 e. The van der Waals surface area contributed by atoms with Gasteiger partial charge in [0.15, 0.2) is 0 Å². The van der Waals surface area contributed by atoms with E-state index in [2.05, 4.69) is 32.7 Å². The number of hydrogen-bond acceptors (Lipinski definition) is 3. The summed E-state index contributed by atoms with van der Waals surface area (Å²) in [6, 6.07) is 6.11. The summed E-state index contributed by atoms with van der Waals surface area (Å²) in [5.74, 6) is 0.695. The molecule has 0 aliphatic carbocycles. The van der Waals surface area contributed by atoms with Gasteiger partial charge in [0.2, 0.25) is 0 Å². The fourth-order valence-electron chi connectivity index (χ4n) is 3.17. The van der Waals surface area contributed by atoms with Crippen LogP contribution in [0.5, 0.6) is 0 Å². The number of likely N-dealkylation sites (tertiary alicyclic amines) is 1. The van der Waals surface area contributed by atoms with E-state index in [1.54, 1.807) is 0 Å². The number of fused-ring (bicyclic) bond motifs is 1. The molecule has 0 aromatic carbocycles. The predicted molar refractivity (Wildman–Crippen MR) is 86.4 cm³/mol. The van der Waals surface area contributed by atoms with Crippen molar-refractivity contribution in [3.05, 3.63) is 36.3 Å². The van der Waals surface area contributed by atoms with Crippen molar-refractivity contribution in [1.29, 1.82) is 0 Å². The normalized spacial score (nSPS) is 18.1. The first kappa shape index (κ1) is 14.5. The van der Waals surface area contributed by atoms with Gasteiger partial charge in [0.05, 0.1) is 5.69 Å². The number of nitrogens with zero attached hydrogens (tertiary/aromatic N) is 3. The molecule has 0 radical (unpaired) electrons. The van der Waals surface area contributed by atoms with Crippen LogP contribution in [0.4, 0.5) is 0 Å². The summed E-state index contributed by atoms with van der Waals surface area (Å²) >= 11 is 0. The van der Waals surface area contributed by atoms with Crippen molar-refractivity contribution < 1.29 is 0 Å². The summed E-state index contributed by atoms with van der Waals surface area (Å²) in [6.45, 7) is 8.05. The molecule has 1 fully saturated rings. The van der Waals surface area contributed by atoms with E-state index in [-0.39, 0.29) is 0 Å². The molecule has 114 valence electrons. The monoisotopic (exact) mass is 286 g/mol. The minimum Gasteiger partial charge on any atom is -0.311 e. The van der Waals surface area contributed by atoms with Crippen LogP contribution in [-0.2, 0) is 6.54 Å². The number of aromatic nitrogens is 2. The Balaban J connectivity index is 1.42. The van der Waals surface area contributed by atoms with E-state index in [4.69, 9.17) is 0 Å². The maximum atomic E-state index is 4.62. The van der Waals surface area contributed by atoms with Crippen LogP contribution in [0.15, 0.2) is 30.6 Å². The van der Waals surface area contributed by atoms with Gasteiger partial charge < -0.3 is 14.6 Å². The Labute approximate surface area is 127 Å². The highest BCUT2D eigenvalue weighted by molar-refractivity contribution is 5.39. The molecule has 1 saturated heterocycles. The standard InChI is InChI=1S/C17H26N4/c1-15(13-20-8-4-2-5-9-20)11-18-12-16-14-21-10-6-3-7-17(21)19-16/h3,6-7,10,14-15,18H,2,4-5,8-9,11-13H2,1H3. The van der Waals surface area contributed by atoms with Crippen LogP contribution in [0.1, 0.15) is 31.9 Å². The van der Waals surface area contributed by atoms with Gasteiger partial charge in [-0.2, -0.15) is 0 Å². The van der Waals surface area contributed by atoms with Gasteiger partial charge in [0.1, 0.15) is 5.65 Å². The highest BCUT2D eigenvalue weighted by Gasteiger charge is 2.13. The Kier molecular flexibility index (Phi) is 4.88. The third kappa shape index (κ3) is 4.05. The van der Waals surface area contributed by atoms with Crippen LogP contribution >= 0.6 is 0 Å². The molecule has 1 aliphatic rings. The molecule has 4 nitrogen and oxygen atoms in total. The summed E-state index contributed by atoms with van der Waals surface area (Å²) in [4.78, 5) is 7.23. The number of hydrogen-bond donors (Lipinski definition) is 1. The molecule has 1 unspecified atom stereocenters. The summed E-state index contributed by atoms with van der Waals surface area (Å²) in [7, 11) is 0. The van der Waals surface area contributed by atoms with E-state index < -0.39 is 0 Å². The zero-order valence-corrected chi connectivity index (χ0v) is 13.0. The second kappa shape index (κ2) is 7.05. The molecular formula is C17H26N4. The van der Waals surface area contributed by atoms with Crippen molar-refractivity contribution in [1.82, 2.24) is 19.6 Å². The SMILES string of the molecule is CC(CNCc1cn2ccccc2n1)CN1CCCCC1. The van der Waals surface area contributed by atoms with Crippen LogP contribution < -0.4 is 5.32 Å². The van der Waals surface area contributed by atoms with Gasteiger partial charge in [-0.05, 0) is 50.5 Å². The van der Waals surface area contributed by atoms with Crippen LogP contribution in [0, 0.1) is 5.92 Å². The van der Waals surface area contributed by atoms with Crippen molar-refractivity contribution in [3.8, 4) is 0 Å². The molecule has 0 amide bonds. The zero-order valence-electron chi connectivity index (χ0n) is 13.0. The van der Waals surface area contributed by atoms with E-state index in [0.29, 0.717) is 5.92 Å². The Morgan fingerprint density at radius 1 is 1.24 bits per heavy atom. The molecule has 1 atom stereocenters. The van der Waals surface area contributed by atoms with Crippen LogP contribution in [0.3, 0.4) is 0 Å². The average molecular weight is 286 g/mol. The summed E-state index contributed by atoms with van der Waals surface area (Å²) in [5, 5.41) is 3.55. The Bertz CT molecular complexity index is 524. The minimum atomic E-state index is 0.695. The van der Waals surface area contributed by atoms with E-state index in [1.807, 2.05) is 24.4 Å². The number of pyridine rings is 1. The number of rotatable bonds is 6. The van der Waals surface area contributed by atoms with Gasteiger partial charge >= 0.3 is 0 Å². The highest BCUT2D eigenvalue weighted by atomic mass is 15.1. The molecule has 1 aliphatic heterocycles. The molecular weight excluding hydrogens is 260 g/mol. The fourth-order valence-corrected chi connectivity index (χ4v) is 3.17. The maximum Gasteiger partial charge on any atom is 0.137 e. The molecule has 3 rings (SSSR count). The molecule has 0 saturated carbocycles. The summed E-state index contributed by atoms with van der Waals surface area (Å²) in [5.41, 5.74) is 2.14. The molecule has 21 heavy (non-hydrogen) atoms. The second-order valence-electron chi connectivity index (χ2n) is 6.30. The van der Waals surface area contributed by atoms with Crippen molar-refractivity contribution in [2.45, 2.75) is 32.7 Å². The van der Waals surface area contributed by atoms with Gasteiger partial charge in [-0.15, -0.1) is 0 Å². The van der Waals surface area contributed by atoms with E-state index >= 15 is 0 Å². The van der Waals surface area contributed by atoms with Gasteiger partial charge in [-0.25, -0.2) is 4.98 Å². The van der Waals surface area contributed by atoms with E-state index in [9.17, 15) is 0 Å². The second-order valence-corrected chi connectivity index (χ2v) is 6.30. The number of nitrogens with one attached hydrogen (secondary N) is 1. The lowest BCUT2D eigenvalue weighted by Gasteiger charge is -2.29. The predicted octanol–water partition coefficient (Wildman–Crippen LogP) is 2.55. The van der Waals surface area contributed by atoms with Gasteiger partial charge in [0, 0.05) is 25.5 Å². The van der Waals surface area contributed by atoms with Crippen molar-refractivity contribution >= 4 is 5.65 Å². The Hall–Kier alpha value is -1.39. The van der Waals surface area contributed by atoms with Crippen LogP contribution in [-0.4, -0.2) is 40.5 Å². The molecule has 0 spiro atoms. The average Bonchev–Trinajstić information content (AvgIpc) is 2.91. The quantitative estimate of drug-likeness (QED) is 0.886. The molecule has 3 heterocycles. The smallest absolute Gasteiger partial charge is 0.137 e. The third-order valence-electron chi connectivity index (χ3n) is 4.23. The minimum absolute atomic E-state index is 0.695. The molecule has 4 heteroatoms. The third-order valence-corrected chi connectivity index (χ3v) is 4.23. The van der Waals surface area contributed by atoms with Gasteiger partial charge in [-0.1, -0.05) is 19.4 Å². The highest BCUT2D eigenvalue weighted by Crippen LogP contribution is 2.10. The van der Waals surface area contributed by atoms with Crippen molar-refractivity contribution in [3.63, 3.8) is 0 Å². The van der Waals surface area contributed by atoms with Crippen molar-refractivity contribution in [2.75, 3.05) is 26.2 Å². The van der Waals surface area contributed by atoms with Gasteiger partial charge in [0.25, 0.3) is 0 Å². The Morgan fingerprint density at radius 2 is 2.10 bits per heavy atom. The first-order chi connectivity index (χ1) is 10.3. The van der Waals surface area contributed by atoms with Crippen LogP contribution in [0.25, 0.3) is 5.65 Å².